The summed E-state index contributed by atoms with van der Waals surface area (Å²) in [5.41, 5.74) is 0.278. The number of hydrogen-bond acceptors (Lipinski definition) is 7. The Morgan fingerprint density at radius 3 is 2.54 bits per heavy atom. The molecule has 9 heteroatoms. The number of rotatable bonds is 12. The number of aromatic nitrogens is 1. The van der Waals surface area contributed by atoms with Crippen LogP contribution in [0.5, 0.6) is 0 Å². The van der Waals surface area contributed by atoms with Crippen LogP contribution in [0, 0.1) is 17.8 Å². The molecule has 5 atom stereocenters. The first-order valence-corrected chi connectivity index (χ1v) is 13.7. The summed E-state index contributed by atoms with van der Waals surface area (Å²) in [4.78, 5) is 46.9. The predicted molar refractivity (Wildman–Crippen MR) is 139 cm³/mol. The number of aliphatic hydroxyl groups is 1. The second kappa shape index (κ2) is 13.5. The maximum atomic E-state index is 13.8. The van der Waals surface area contributed by atoms with Gasteiger partial charge in [0, 0.05) is 44.3 Å². The van der Waals surface area contributed by atoms with Crippen molar-refractivity contribution in [2.45, 2.75) is 84.4 Å². The Morgan fingerprint density at radius 2 is 1.97 bits per heavy atom. The van der Waals surface area contributed by atoms with Crippen LogP contribution in [0.25, 0.3) is 0 Å². The molecule has 2 heterocycles. The van der Waals surface area contributed by atoms with Crippen LogP contribution in [-0.2, 0) is 9.59 Å². The zero-order valence-electron chi connectivity index (χ0n) is 22.4. The summed E-state index contributed by atoms with van der Waals surface area (Å²) in [6.07, 6.45) is 3.51. The third-order valence-corrected chi connectivity index (χ3v) is 8.50. The van der Waals surface area contributed by atoms with E-state index in [0.717, 1.165) is 32.2 Å². The Kier molecular flexibility index (Phi) is 11.3. The molecule has 35 heavy (non-hydrogen) atoms. The molecule has 8 nitrogen and oxygen atoms in total. The lowest BCUT2D eigenvalue weighted by atomic mass is 9.83. The van der Waals surface area contributed by atoms with E-state index < -0.39 is 6.10 Å². The molecule has 1 fully saturated rings. The number of nitrogens with one attached hydrogen (secondary N) is 1. The number of hydrogen-bond donors (Lipinski definition) is 2. The fourth-order valence-corrected chi connectivity index (χ4v) is 5.75. The molecule has 0 unspecified atom stereocenters. The van der Waals surface area contributed by atoms with Crippen LogP contribution in [0.4, 0.5) is 0 Å². The molecule has 1 saturated heterocycles. The Bertz CT molecular complexity index is 858. The maximum absolute atomic E-state index is 13.8. The van der Waals surface area contributed by atoms with E-state index in [-0.39, 0.29) is 59.5 Å². The number of carbonyl (C=O) groups excluding carboxylic acids is 3. The maximum Gasteiger partial charge on any atom is 0.270 e. The topological polar surface area (TPSA) is 103 Å². The van der Waals surface area contributed by atoms with Crippen molar-refractivity contribution < 1.29 is 19.5 Å². The van der Waals surface area contributed by atoms with E-state index in [2.05, 4.69) is 22.1 Å². The first-order valence-electron chi connectivity index (χ1n) is 12.9. The van der Waals surface area contributed by atoms with Crippen molar-refractivity contribution in [3.05, 3.63) is 16.1 Å². The number of nitrogens with zero attached hydrogens (tertiary/aromatic N) is 3. The molecule has 0 bridgehead atoms. The normalized spacial score (nSPS) is 20.2. The lowest BCUT2D eigenvalue weighted by molar-refractivity contribution is -0.143. The van der Waals surface area contributed by atoms with Crippen molar-refractivity contribution in [1.82, 2.24) is 20.1 Å². The monoisotopic (exact) mass is 508 g/mol. The summed E-state index contributed by atoms with van der Waals surface area (Å²) in [7, 11) is 5.32. The van der Waals surface area contributed by atoms with Gasteiger partial charge in [-0.05, 0) is 38.3 Å². The minimum Gasteiger partial charge on any atom is -0.386 e. The third-order valence-electron chi connectivity index (χ3n) is 7.56. The van der Waals surface area contributed by atoms with Crippen molar-refractivity contribution >= 4 is 28.9 Å². The number of ketones is 1. The van der Waals surface area contributed by atoms with Gasteiger partial charge in [-0.3, -0.25) is 19.3 Å². The summed E-state index contributed by atoms with van der Waals surface area (Å²) in [5.74, 6) is -0.389. The van der Waals surface area contributed by atoms with Gasteiger partial charge in [-0.1, -0.05) is 40.5 Å². The first kappa shape index (κ1) is 29.4. The molecular weight excluding hydrogens is 464 g/mol. The van der Waals surface area contributed by atoms with E-state index in [1.165, 1.54) is 18.4 Å². The van der Waals surface area contributed by atoms with Crippen LogP contribution in [0.3, 0.4) is 0 Å². The van der Waals surface area contributed by atoms with Crippen molar-refractivity contribution in [2.75, 3.05) is 27.7 Å². The Balaban J connectivity index is 2.16. The summed E-state index contributed by atoms with van der Waals surface area (Å²) in [6.45, 7) is 9.07. The average Bonchev–Trinajstić information content (AvgIpc) is 3.34. The van der Waals surface area contributed by atoms with E-state index in [0.29, 0.717) is 11.4 Å². The highest BCUT2D eigenvalue weighted by molar-refractivity contribution is 7.09. The molecule has 2 N–H and O–H groups in total. The molecule has 0 radical (unpaired) electrons. The van der Waals surface area contributed by atoms with Crippen LogP contribution >= 0.6 is 11.3 Å². The van der Waals surface area contributed by atoms with Crippen LogP contribution in [0.2, 0.25) is 0 Å². The number of thiazole rings is 1. The molecule has 2 rings (SSSR count). The fourth-order valence-electron chi connectivity index (χ4n) is 4.96. The van der Waals surface area contributed by atoms with Gasteiger partial charge in [0.25, 0.3) is 5.91 Å². The lowest BCUT2D eigenvalue weighted by Gasteiger charge is -2.37. The van der Waals surface area contributed by atoms with Crippen molar-refractivity contribution in [2.24, 2.45) is 17.8 Å². The van der Waals surface area contributed by atoms with Gasteiger partial charge in [0.15, 0.2) is 5.78 Å². The van der Waals surface area contributed by atoms with Crippen molar-refractivity contribution in [3.8, 4) is 0 Å². The minimum atomic E-state index is -0.888. The Hall–Kier alpha value is -1.84. The van der Waals surface area contributed by atoms with Gasteiger partial charge in [-0.15, -0.1) is 11.3 Å². The zero-order valence-corrected chi connectivity index (χ0v) is 23.2. The predicted octanol–water partition coefficient (Wildman–Crippen LogP) is 3.52. The molecule has 0 spiro atoms. The molecule has 0 aliphatic carbocycles. The minimum absolute atomic E-state index is 0.0396. The molecule has 1 aliphatic heterocycles. The van der Waals surface area contributed by atoms with Gasteiger partial charge in [0.05, 0.1) is 6.04 Å². The van der Waals surface area contributed by atoms with Gasteiger partial charge in [-0.2, -0.15) is 0 Å². The smallest absolute Gasteiger partial charge is 0.270 e. The van der Waals surface area contributed by atoms with Gasteiger partial charge in [0.1, 0.15) is 16.8 Å². The second-order valence-corrected chi connectivity index (χ2v) is 11.2. The summed E-state index contributed by atoms with van der Waals surface area (Å²) >= 11 is 1.24. The van der Waals surface area contributed by atoms with Gasteiger partial charge in [-0.25, -0.2) is 4.98 Å². The van der Waals surface area contributed by atoms with Crippen molar-refractivity contribution in [1.29, 1.82) is 0 Å². The number of aliphatic hydroxyl groups excluding tert-OH is 1. The highest BCUT2D eigenvalue weighted by atomic mass is 32.1. The van der Waals surface area contributed by atoms with Gasteiger partial charge >= 0.3 is 0 Å². The van der Waals surface area contributed by atoms with Crippen molar-refractivity contribution in [3.63, 3.8) is 0 Å². The lowest BCUT2D eigenvalue weighted by Crippen LogP contribution is -2.48. The summed E-state index contributed by atoms with van der Waals surface area (Å²) < 4.78 is 0. The highest BCUT2D eigenvalue weighted by Crippen LogP contribution is 2.30. The van der Waals surface area contributed by atoms with Crippen LogP contribution in [-0.4, -0.2) is 77.3 Å². The Morgan fingerprint density at radius 1 is 1.29 bits per heavy atom. The molecule has 0 saturated carbocycles. The first-order chi connectivity index (χ1) is 16.5. The molecule has 1 aliphatic rings. The average molecular weight is 509 g/mol. The quantitative estimate of drug-likeness (QED) is 0.448. The number of carbonyl (C=O) groups is 3. The van der Waals surface area contributed by atoms with Crippen LogP contribution < -0.4 is 5.32 Å². The van der Waals surface area contributed by atoms with E-state index in [1.54, 1.807) is 17.3 Å². The number of amides is 2. The number of likely N-dealkylation sites (N-methyl/N-ethyl adjacent to an activating group) is 1. The summed E-state index contributed by atoms with van der Waals surface area (Å²) in [5, 5.41) is 15.5. The summed E-state index contributed by atoms with van der Waals surface area (Å²) in [6, 6.07) is -0.334. The van der Waals surface area contributed by atoms with Gasteiger partial charge < -0.3 is 15.3 Å². The van der Waals surface area contributed by atoms with E-state index in [1.807, 2.05) is 27.8 Å². The molecule has 198 valence electrons. The number of Topliss-reactive ketones (excluding diaryl/α,β-unsaturated/α-hetero) is 1. The standard InChI is InChI=1S/C26H44N4O4S/c1-8-17(4)18(13-22(31)20-11-9-10-12-29(20)6)26(34)30(7)21(16(2)3)14-23(32)25-28-19(15-35-25)24(33)27-5/h15-18,20-21,23,32H,8-14H2,1-7H3,(H,27,33)/t17-,18-,20+,21+,23+/m0/s1. The SMILES string of the molecule is CC[C@H](C)[C@H](CC(=O)[C@H]1CCCCN1C)C(=O)N(C)[C@H](C[C@@H](O)c1nc(C(=O)NC)cs1)C(C)C. The Labute approximate surface area is 214 Å². The van der Waals surface area contributed by atoms with Crippen LogP contribution in [0.1, 0.15) is 87.8 Å². The van der Waals surface area contributed by atoms with Gasteiger partial charge in [0.2, 0.25) is 5.91 Å². The molecule has 1 aromatic heterocycles. The molecule has 2 amide bonds. The second-order valence-electron chi connectivity index (χ2n) is 10.3. The van der Waals surface area contributed by atoms with E-state index in [4.69, 9.17) is 0 Å². The van der Waals surface area contributed by atoms with E-state index >= 15 is 0 Å². The molecular formula is C26H44N4O4S. The third kappa shape index (κ3) is 7.57. The molecule has 1 aromatic rings. The zero-order chi connectivity index (χ0) is 26.3. The molecule has 0 aromatic carbocycles. The number of piperidine rings is 1. The fraction of sp³-hybridized carbons (Fsp3) is 0.769. The highest BCUT2D eigenvalue weighted by Gasteiger charge is 2.36. The number of likely N-dealkylation sites (tertiary alicyclic amines) is 1. The largest absolute Gasteiger partial charge is 0.386 e. The van der Waals surface area contributed by atoms with E-state index in [9.17, 15) is 19.5 Å². The van der Waals surface area contributed by atoms with Crippen LogP contribution in [0.15, 0.2) is 5.38 Å².